The Morgan fingerprint density at radius 1 is 1.12 bits per heavy atom. The van der Waals surface area contributed by atoms with Crippen LogP contribution in [0.2, 0.25) is 0 Å². The first-order valence-electron chi connectivity index (χ1n) is 8.20. The summed E-state index contributed by atoms with van der Waals surface area (Å²) in [6.45, 7) is 2.00. The van der Waals surface area contributed by atoms with Crippen molar-refractivity contribution in [3.05, 3.63) is 65.2 Å². The predicted molar refractivity (Wildman–Crippen MR) is 103 cm³/mol. The fourth-order valence-corrected chi connectivity index (χ4v) is 3.25. The fraction of sp³-hybridized carbons (Fsp3) is 0.300. The molecule has 0 bridgehead atoms. The molecule has 5 heteroatoms. The number of ether oxygens (including phenoxy) is 1. The first-order chi connectivity index (χ1) is 12.1. The van der Waals surface area contributed by atoms with E-state index in [-0.39, 0.29) is 11.9 Å². The van der Waals surface area contributed by atoms with Crippen molar-refractivity contribution in [1.82, 2.24) is 0 Å². The van der Waals surface area contributed by atoms with Gasteiger partial charge in [-0.05, 0) is 54.5 Å². The van der Waals surface area contributed by atoms with Gasteiger partial charge in [-0.15, -0.1) is 0 Å². The number of amides is 1. The van der Waals surface area contributed by atoms with Crippen LogP contribution in [0.5, 0.6) is 0 Å². The Morgan fingerprint density at radius 3 is 2.56 bits per heavy atom. The van der Waals surface area contributed by atoms with E-state index in [4.69, 9.17) is 0 Å². The molecule has 0 atom stereocenters. The molecule has 2 aromatic carbocycles. The van der Waals surface area contributed by atoms with Crippen molar-refractivity contribution in [2.45, 2.75) is 25.5 Å². The summed E-state index contributed by atoms with van der Waals surface area (Å²) >= 11 is 1.78. The number of esters is 1. The van der Waals surface area contributed by atoms with Crippen LogP contribution in [0, 0.1) is 6.92 Å². The van der Waals surface area contributed by atoms with Gasteiger partial charge < -0.3 is 10.1 Å². The molecule has 0 aliphatic carbocycles. The Hall–Kier alpha value is -2.27. The van der Waals surface area contributed by atoms with Crippen LogP contribution in [0.3, 0.4) is 0 Å². The minimum atomic E-state index is -0.321. The Bertz CT molecular complexity index is 713. The summed E-state index contributed by atoms with van der Waals surface area (Å²) in [5.41, 5.74) is 3.70. The monoisotopic (exact) mass is 357 g/mol. The smallest absolute Gasteiger partial charge is 0.337 e. The van der Waals surface area contributed by atoms with Crippen molar-refractivity contribution in [2.24, 2.45) is 0 Å². The van der Waals surface area contributed by atoms with E-state index in [1.54, 1.807) is 23.9 Å². The standard InChI is InChI=1S/C20H23NO3S/c1-15-5-3-6-18(13-15)21-19(22)7-4-12-25-14-16-8-10-17(11-9-16)20(23)24-2/h3,5-6,8-11,13H,4,7,12,14H2,1-2H3,(H,21,22). The van der Waals surface area contributed by atoms with Crippen LogP contribution in [-0.2, 0) is 15.3 Å². The van der Waals surface area contributed by atoms with Gasteiger partial charge in [-0.2, -0.15) is 11.8 Å². The van der Waals surface area contributed by atoms with Gasteiger partial charge in [0.15, 0.2) is 0 Å². The number of hydrogen-bond donors (Lipinski definition) is 1. The molecule has 0 spiro atoms. The van der Waals surface area contributed by atoms with Crippen LogP contribution in [0.15, 0.2) is 48.5 Å². The van der Waals surface area contributed by atoms with E-state index in [2.05, 4.69) is 10.1 Å². The maximum Gasteiger partial charge on any atom is 0.337 e. The van der Waals surface area contributed by atoms with E-state index in [1.165, 1.54) is 7.11 Å². The summed E-state index contributed by atoms with van der Waals surface area (Å²) in [6, 6.07) is 15.2. The van der Waals surface area contributed by atoms with Crippen LogP contribution in [-0.4, -0.2) is 24.7 Å². The maximum absolute atomic E-state index is 11.9. The van der Waals surface area contributed by atoms with Crippen LogP contribution in [0.1, 0.15) is 34.3 Å². The van der Waals surface area contributed by atoms with Crippen molar-refractivity contribution in [3.8, 4) is 0 Å². The molecule has 132 valence electrons. The van der Waals surface area contributed by atoms with E-state index in [9.17, 15) is 9.59 Å². The van der Waals surface area contributed by atoms with E-state index in [1.807, 2.05) is 43.3 Å². The average Bonchev–Trinajstić information content (AvgIpc) is 2.61. The predicted octanol–water partition coefficient (Wildman–Crippen LogP) is 4.43. The molecule has 25 heavy (non-hydrogen) atoms. The minimum Gasteiger partial charge on any atom is -0.465 e. The number of methoxy groups -OCH3 is 1. The van der Waals surface area contributed by atoms with E-state index in [0.717, 1.165) is 34.7 Å². The zero-order valence-electron chi connectivity index (χ0n) is 14.6. The summed E-state index contributed by atoms with van der Waals surface area (Å²) in [5, 5.41) is 2.92. The van der Waals surface area contributed by atoms with Gasteiger partial charge in [0.1, 0.15) is 0 Å². The zero-order chi connectivity index (χ0) is 18.1. The number of hydrogen-bond acceptors (Lipinski definition) is 4. The van der Waals surface area contributed by atoms with Crippen molar-refractivity contribution in [3.63, 3.8) is 0 Å². The number of benzene rings is 2. The largest absolute Gasteiger partial charge is 0.465 e. The quantitative estimate of drug-likeness (QED) is 0.561. The highest BCUT2D eigenvalue weighted by Gasteiger charge is 2.05. The molecular formula is C20H23NO3S. The second-order valence-electron chi connectivity index (χ2n) is 5.76. The van der Waals surface area contributed by atoms with Crippen molar-refractivity contribution < 1.29 is 14.3 Å². The summed E-state index contributed by atoms with van der Waals surface area (Å²) in [7, 11) is 1.38. The van der Waals surface area contributed by atoms with E-state index in [0.29, 0.717) is 12.0 Å². The first-order valence-corrected chi connectivity index (χ1v) is 9.35. The van der Waals surface area contributed by atoms with Gasteiger partial charge in [0.2, 0.25) is 5.91 Å². The second-order valence-corrected chi connectivity index (χ2v) is 6.87. The molecule has 0 aromatic heterocycles. The topological polar surface area (TPSA) is 55.4 Å². The Morgan fingerprint density at radius 2 is 1.88 bits per heavy atom. The molecule has 0 aliphatic heterocycles. The first kappa shape index (κ1) is 19.1. The number of nitrogens with one attached hydrogen (secondary N) is 1. The molecular weight excluding hydrogens is 334 g/mol. The molecule has 1 amide bonds. The molecule has 0 fully saturated rings. The SMILES string of the molecule is COC(=O)c1ccc(CSCCCC(=O)Nc2cccc(C)c2)cc1. The number of carbonyl (C=O) groups excluding carboxylic acids is 2. The zero-order valence-corrected chi connectivity index (χ0v) is 15.4. The number of anilines is 1. The summed E-state index contributed by atoms with van der Waals surface area (Å²) in [6.07, 6.45) is 1.35. The average molecular weight is 357 g/mol. The Kier molecular flexibility index (Phi) is 7.54. The highest BCUT2D eigenvalue weighted by atomic mass is 32.2. The van der Waals surface area contributed by atoms with Gasteiger partial charge in [0, 0.05) is 17.9 Å². The number of aryl methyl sites for hydroxylation is 1. The normalized spacial score (nSPS) is 10.3. The molecule has 0 saturated heterocycles. The minimum absolute atomic E-state index is 0.0497. The maximum atomic E-state index is 11.9. The van der Waals surface area contributed by atoms with E-state index >= 15 is 0 Å². The van der Waals surface area contributed by atoms with Crippen molar-refractivity contribution in [2.75, 3.05) is 18.2 Å². The molecule has 0 unspecified atom stereocenters. The lowest BCUT2D eigenvalue weighted by atomic mass is 10.1. The molecule has 1 N–H and O–H groups in total. The van der Waals surface area contributed by atoms with Gasteiger partial charge in [-0.3, -0.25) is 4.79 Å². The van der Waals surface area contributed by atoms with Gasteiger partial charge in [-0.25, -0.2) is 4.79 Å². The Labute approximate surface area is 153 Å². The molecule has 4 nitrogen and oxygen atoms in total. The molecule has 2 aromatic rings. The third-order valence-electron chi connectivity index (χ3n) is 3.64. The summed E-state index contributed by atoms with van der Waals surface area (Å²) < 4.78 is 4.68. The molecule has 0 radical (unpaired) electrons. The lowest BCUT2D eigenvalue weighted by Crippen LogP contribution is -2.11. The lowest BCUT2D eigenvalue weighted by molar-refractivity contribution is -0.116. The van der Waals surface area contributed by atoms with E-state index < -0.39 is 0 Å². The van der Waals surface area contributed by atoms with Gasteiger partial charge in [0.05, 0.1) is 12.7 Å². The second kappa shape index (κ2) is 9.89. The van der Waals surface area contributed by atoms with Crippen molar-refractivity contribution in [1.29, 1.82) is 0 Å². The van der Waals surface area contributed by atoms with Crippen LogP contribution in [0.25, 0.3) is 0 Å². The highest BCUT2D eigenvalue weighted by molar-refractivity contribution is 7.98. The van der Waals surface area contributed by atoms with Crippen LogP contribution in [0.4, 0.5) is 5.69 Å². The summed E-state index contributed by atoms with van der Waals surface area (Å²) in [4.78, 5) is 23.3. The van der Waals surface area contributed by atoms with Gasteiger partial charge in [0.25, 0.3) is 0 Å². The Balaban J connectivity index is 1.64. The summed E-state index contributed by atoms with van der Waals surface area (Å²) in [5.74, 6) is 1.51. The van der Waals surface area contributed by atoms with Crippen molar-refractivity contribution >= 4 is 29.3 Å². The van der Waals surface area contributed by atoms with Crippen LogP contribution < -0.4 is 5.32 Å². The van der Waals surface area contributed by atoms with Crippen LogP contribution >= 0.6 is 11.8 Å². The molecule has 2 rings (SSSR count). The molecule has 0 saturated carbocycles. The van der Waals surface area contributed by atoms with Gasteiger partial charge >= 0.3 is 5.97 Å². The third kappa shape index (κ3) is 6.63. The highest BCUT2D eigenvalue weighted by Crippen LogP contribution is 2.16. The molecule has 0 heterocycles. The lowest BCUT2D eigenvalue weighted by Gasteiger charge is -2.06. The molecule has 0 aliphatic rings. The number of thioether (sulfide) groups is 1. The number of carbonyl (C=O) groups is 2. The third-order valence-corrected chi connectivity index (χ3v) is 4.75. The van der Waals surface area contributed by atoms with Gasteiger partial charge in [-0.1, -0.05) is 24.3 Å². The number of rotatable bonds is 8. The fourth-order valence-electron chi connectivity index (χ4n) is 2.33.